The molecule has 0 spiro atoms. The van der Waals surface area contributed by atoms with E-state index < -0.39 is 0 Å². The first-order chi connectivity index (χ1) is 12.2. The van der Waals surface area contributed by atoms with Crippen molar-refractivity contribution in [3.8, 4) is 12.3 Å². The topological polar surface area (TPSA) is 70.0 Å². The maximum atomic E-state index is 12.2. The van der Waals surface area contributed by atoms with Crippen LogP contribution in [0.3, 0.4) is 0 Å². The fourth-order valence-corrected chi connectivity index (χ4v) is 3.26. The highest BCUT2D eigenvalue weighted by atomic mass is 16.1. The maximum Gasteiger partial charge on any atom is 0.220 e. The quantitative estimate of drug-likeness (QED) is 0.740. The number of hydrogen-bond donors (Lipinski definition) is 1. The Morgan fingerprint density at radius 3 is 2.64 bits per heavy atom. The molecule has 6 nitrogen and oxygen atoms in total. The van der Waals surface area contributed by atoms with Gasteiger partial charge in [0.1, 0.15) is 0 Å². The monoisotopic (exact) mass is 339 g/mol. The van der Waals surface area contributed by atoms with Gasteiger partial charge in [0.05, 0.1) is 0 Å². The first-order valence-electron chi connectivity index (χ1n) is 8.97. The highest BCUT2D eigenvalue weighted by Crippen LogP contribution is 2.37. The van der Waals surface area contributed by atoms with Crippen LogP contribution in [0.4, 0.5) is 0 Å². The van der Waals surface area contributed by atoms with E-state index in [1.165, 1.54) is 5.56 Å². The van der Waals surface area contributed by atoms with Crippen LogP contribution in [-0.4, -0.2) is 40.6 Å². The molecule has 1 amide bonds. The Morgan fingerprint density at radius 1 is 1.28 bits per heavy atom. The van der Waals surface area contributed by atoms with Crippen molar-refractivity contribution in [3.05, 3.63) is 30.1 Å². The zero-order valence-corrected chi connectivity index (χ0v) is 14.5. The Bertz CT molecular complexity index is 638. The van der Waals surface area contributed by atoms with Crippen LogP contribution in [0.5, 0.6) is 0 Å². The summed E-state index contributed by atoms with van der Waals surface area (Å²) in [5.74, 6) is 2.71. The summed E-state index contributed by atoms with van der Waals surface area (Å²) < 4.78 is 0. The molecule has 1 fully saturated rings. The first-order valence-corrected chi connectivity index (χ1v) is 8.97. The van der Waals surface area contributed by atoms with Crippen LogP contribution < -0.4 is 5.32 Å². The summed E-state index contributed by atoms with van der Waals surface area (Å²) >= 11 is 0. The minimum Gasteiger partial charge on any atom is -0.353 e. The molecule has 132 valence electrons. The smallest absolute Gasteiger partial charge is 0.220 e. The molecule has 1 N–H and O–H groups in total. The summed E-state index contributed by atoms with van der Waals surface area (Å²) in [5, 5.41) is 11.3. The lowest BCUT2D eigenvalue weighted by Crippen LogP contribution is -2.44. The second kappa shape index (κ2) is 8.21. The summed E-state index contributed by atoms with van der Waals surface area (Å²) in [6.45, 7) is 2.96. The van der Waals surface area contributed by atoms with Crippen molar-refractivity contribution < 1.29 is 4.79 Å². The number of amides is 1. The third kappa shape index (κ3) is 5.36. The zero-order valence-electron chi connectivity index (χ0n) is 14.5. The van der Waals surface area contributed by atoms with E-state index in [1.54, 1.807) is 0 Å². The minimum absolute atomic E-state index is 0.102. The van der Waals surface area contributed by atoms with E-state index in [4.69, 9.17) is 6.42 Å². The van der Waals surface area contributed by atoms with Crippen LogP contribution in [-0.2, 0) is 11.3 Å². The van der Waals surface area contributed by atoms with Gasteiger partial charge in [-0.15, -0.1) is 12.3 Å². The molecule has 1 aromatic heterocycles. The molecule has 2 aliphatic rings. The van der Waals surface area contributed by atoms with Gasteiger partial charge in [0.2, 0.25) is 5.91 Å². The average Bonchev–Trinajstić information content (AvgIpc) is 3.41. The Kier molecular flexibility index (Phi) is 5.77. The molecule has 0 bridgehead atoms. The van der Waals surface area contributed by atoms with Crippen LogP contribution in [0.15, 0.2) is 34.8 Å². The largest absolute Gasteiger partial charge is 0.353 e. The summed E-state index contributed by atoms with van der Waals surface area (Å²) in [7, 11) is 0. The lowest BCUT2D eigenvalue weighted by atomic mass is 10.0. The van der Waals surface area contributed by atoms with Gasteiger partial charge in [-0.05, 0) is 30.5 Å². The van der Waals surface area contributed by atoms with E-state index in [0.29, 0.717) is 19.3 Å². The molecule has 0 aromatic carbocycles. The molecule has 6 heteroatoms. The van der Waals surface area contributed by atoms with Crippen molar-refractivity contribution in [1.29, 1.82) is 0 Å². The third-order valence-corrected chi connectivity index (χ3v) is 4.91. The molecule has 0 atom stereocenters. The number of carbonyl (C=O) groups excluding carboxylic acids is 1. The normalized spacial score (nSPS) is 19.3. The van der Waals surface area contributed by atoms with Crippen molar-refractivity contribution in [2.75, 3.05) is 13.1 Å². The van der Waals surface area contributed by atoms with Gasteiger partial charge in [0.15, 0.2) is 5.66 Å². The predicted molar refractivity (Wildman–Crippen MR) is 95.6 cm³/mol. The van der Waals surface area contributed by atoms with E-state index in [0.717, 1.165) is 38.9 Å². The van der Waals surface area contributed by atoms with E-state index >= 15 is 0 Å². The number of likely N-dealkylation sites (tertiary alicyclic amines) is 1. The predicted octanol–water partition coefficient (Wildman–Crippen LogP) is 2.52. The SMILES string of the molecule is C#CCCC1(CCC(=O)NC2CCN(Cc3ccncc3)CC2)N=N1. The molecule has 1 aromatic rings. The van der Waals surface area contributed by atoms with Crippen LogP contribution >= 0.6 is 0 Å². The molecule has 0 radical (unpaired) electrons. The third-order valence-electron chi connectivity index (χ3n) is 4.91. The van der Waals surface area contributed by atoms with Gasteiger partial charge in [-0.3, -0.25) is 14.7 Å². The van der Waals surface area contributed by atoms with Crippen LogP contribution in [0.2, 0.25) is 0 Å². The molecular weight excluding hydrogens is 314 g/mol. The maximum absolute atomic E-state index is 12.2. The number of nitrogens with zero attached hydrogens (tertiary/aromatic N) is 4. The molecule has 0 saturated carbocycles. The molecular formula is C19H25N5O. The number of nitrogens with one attached hydrogen (secondary N) is 1. The Balaban J connectivity index is 1.33. The summed E-state index contributed by atoms with van der Waals surface area (Å²) in [5.41, 5.74) is 0.920. The van der Waals surface area contributed by atoms with E-state index in [-0.39, 0.29) is 17.6 Å². The van der Waals surface area contributed by atoms with Crippen molar-refractivity contribution in [2.24, 2.45) is 10.2 Å². The number of hydrogen-bond acceptors (Lipinski definition) is 5. The Labute approximate surface area is 149 Å². The van der Waals surface area contributed by atoms with Gasteiger partial charge in [-0.1, -0.05) is 0 Å². The van der Waals surface area contributed by atoms with E-state index in [9.17, 15) is 4.79 Å². The van der Waals surface area contributed by atoms with Crippen molar-refractivity contribution >= 4 is 5.91 Å². The number of terminal acetylenes is 1. The number of rotatable bonds is 8. The second-order valence-electron chi connectivity index (χ2n) is 6.86. The van der Waals surface area contributed by atoms with E-state index in [1.807, 2.05) is 12.4 Å². The zero-order chi connectivity index (χ0) is 17.5. The Hall–Kier alpha value is -2.26. The molecule has 0 aliphatic carbocycles. The van der Waals surface area contributed by atoms with Gasteiger partial charge in [0, 0.05) is 63.8 Å². The van der Waals surface area contributed by atoms with E-state index in [2.05, 4.69) is 43.5 Å². The summed E-state index contributed by atoms with van der Waals surface area (Å²) in [6.07, 6.45) is 13.5. The molecule has 3 heterocycles. The standard InChI is InChI=1S/C19H25N5O/c1-2-3-9-19(22-23-19)10-4-18(25)21-17-7-13-24(14-8-17)15-16-5-11-20-12-6-16/h1,5-6,11-12,17H,3-4,7-10,13-15H2,(H,21,25). The van der Waals surface area contributed by atoms with Crippen molar-refractivity contribution in [3.63, 3.8) is 0 Å². The Morgan fingerprint density at radius 2 is 2.00 bits per heavy atom. The van der Waals surface area contributed by atoms with Gasteiger partial charge in [-0.2, -0.15) is 10.2 Å². The van der Waals surface area contributed by atoms with Gasteiger partial charge >= 0.3 is 0 Å². The number of aromatic nitrogens is 1. The number of pyridine rings is 1. The van der Waals surface area contributed by atoms with Crippen molar-refractivity contribution in [2.45, 2.75) is 56.8 Å². The molecule has 0 unspecified atom stereocenters. The average molecular weight is 339 g/mol. The van der Waals surface area contributed by atoms with Crippen LogP contribution in [0.25, 0.3) is 0 Å². The lowest BCUT2D eigenvalue weighted by Gasteiger charge is -2.32. The van der Waals surface area contributed by atoms with Gasteiger partial charge < -0.3 is 5.32 Å². The fourth-order valence-electron chi connectivity index (χ4n) is 3.26. The van der Waals surface area contributed by atoms with Crippen LogP contribution in [0, 0.1) is 12.3 Å². The molecule has 25 heavy (non-hydrogen) atoms. The molecule has 1 saturated heterocycles. The number of carbonyl (C=O) groups is 1. The highest BCUT2D eigenvalue weighted by molar-refractivity contribution is 5.76. The van der Waals surface area contributed by atoms with Crippen molar-refractivity contribution in [1.82, 2.24) is 15.2 Å². The summed E-state index contributed by atoms with van der Waals surface area (Å²) in [4.78, 5) is 18.7. The minimum atomic E-state index is -0.363. The molecule has 2 aliphatic heterocycles. The summed E-state index contributed by atoms with van der Waals surface area (Å²) in [6, 6.07) is 4.38. The second-order valence-corrected chi connectivity index (χ2v) is 6.86. The number of piperidine rings is 1. The van der Waals surface area contributed by atoms with Gasteiger partial charge in [0.25, 0.3) is 0 Å². The fraction of sp³-hybridized carbons (Fsp3) is 0.579. The molecule has 3 rings (SSSR count). The van der Waals surface area contributed by atoms with Crippen LogP contribution in [0.1, 0.15) is 44.1 Å². The first kappa shape index (κ1) is 17.6. The lowest BCUT2D eigenvalue weighted by molar-refractivity contribution is -0.122. The van der Waals surface area contributed by atoms with Gasteiger partial charge in [-0.25, -0.2) is 0 Å². The highest BCUT2D eigenvalue weighted by Gasteiger charge is 2.39.